The molecule has 146 valence electrons. The van der Waals surface area contributed by atoms with Gasteiger partial charge in [-0.15, -0.1) is 0 Å². The Bertz CT molecular complexity index is 894. The Kier molecular flexibility index (Phi) is 5.44. The number of anilines is 2. The average Bonchev–Trinajstić information content (AvgIpc) is 2.88. The van der Waals surface area contributed by atoms with Crippen LogP contribution in [0.25, 0.3) is 0 Å². The maximum atomic E-state index is 13.0. The van der Waals surface area contributed by atoms with E-state index in [9.17, 15) is 18.8 Å². The quantitative estimate of drug-likeness (QED) is 0.801. The van der Waals surface area contributed by atoms with Gasteiger partial charge in [0.25, 0.3) is 5.91 Å². The zero-order valence-electron chi connectivity index (χ0n) is 16.0. The third-order valence-electron chi connectivity index (χ3n) is 4.61. The van der Waals surface area contributed by atoms with Gasteiger partial charge >= 0.3 is 6.03 Å². The number of halogens is 1. The van der Waals surface area contributed by atoms with Crippen molar-refractivity contribution in [3.8, 4) is 0 Å². The van der Waals surface area contributed by atoms with Gasteiger partial charge in [-0.3, -0.25) is 9.59 Å². The summed E-state index contributed by atoms with van der Waals surface area (Å²) in [6.07, 6.45) is -0.178. The molecule has 1 heterocycles. The minimum absolute atomic E-state index is 0.178. The SMILES string of the molecule is Cc1ccc(N2C(=O)[C@H](CC(=O)Nc3ccc(F)cc3)N(C(C)C)C2=O)cc1. The fourth-order valence-electron chi connectivity index (χ4n) is 3.23. The first-order valence-corrected chi connectivity index (χ1v) is 9.06. The Balaban J connectivity index is 1.80. The van der Waals surface area contributed by atoms with Crippen LogP contribution >= 0.6 is 0 Å². The molecule has 2 aromatic carbocycles. The van der Waals surface area contributed by atoms with E-state index in [1.165, 1.54) is 29.2 Å². The van der Waals surface area contributed by atoms with Crippen LogP contribution in [-0.4, -0.2) is 34.8 Å². The summed E-state index contributed by atoms with van der Waals surface area (Å²) in [6, 6.07) is 10.8. The standard InChI is InChI=1S/C21H22FN3O3/c1-13(2)24-18(12-19(26)23-16-8-6-15(22)7-9-16)20(27)25(21(24)28)17-10-4-14(3)5-11-17/h4-11,13,18H,12H2,1-3H3,(H,23,26)/t18-/m0/s1. The smallest absolute Gasteiger partial charge is 0.326 e. The minimum atomic E-state index is -0.894. The van der Waals surface area contributed by atoms with Crippen molar-refractivity contribution in [3.63, 3.8) is 0 Å². The zero-order chi connectivity index (χ0) is 20.4. The topological polar surface area (TPSA) is 69.7 Å². The van der Waals surface area contributed by atoms with Crippen molar-refractivity contribution in [1.82, 2.24) is 4.90 Å². The van der Waals surface area contributed by atoms with E-state index >= 15 is 0 Å². The summed E-state index contributed by atoms with van der Waals surface area (Å²) in [4.78, 5) is 40.9. The van der Waals surface area contributed by atoms with Gasteiger partial charge in [-0.2, -0.15) is 0 Å². The second kappa shape index (κ2) is 7.80. The van der Waals surface area contributed by atoms with Gasteiger partial charge in [0, 0.05) is 11.7 Å². The zero-order valence-corrected chi connectivity index (χ0v) is 16.0. The van der Waals surface area contributed by atoms with E-state index in [1.807, 2.05) is 19.1 Å². The number of hydrogen-bond acceptors (Lipinski definition) is 3. The maximum absolute atomic E-state index is 13.0. The molecule has 4 amide bonds. The number of carbonyl (C=O) groups is 3. The Morgan fingerprint density at radius 1 is 1.07 bits per heavy atom. The van der Waals surface area contributed by atoms with Gasteiger partial charge in [-0.25, -0.2) is 14.1 Å². The number of carbonyl (C=O) groups excluding carboxylic acids is 3. The highest BCUT2D eigenvalue weighted by atomic mass is 19.1. The number of urea groups is 1. The van der Waals surface area contributed by atoms with Crippen LogP contribution in [0, 0.1) is 12.7 Å². The molecule has 0 bridgehead atoms. The fraction of sp³-hybridized carbons (Fsp3) is 0.286. The lowest BCUT2D eigenvalue weighted by molar-refractivity contribution is -0.124. The molecule has 3 rings (SSSR count). The number of imide groups is 1. The monoisotopic (exact) mass is 383 g/mol. The molecule has 1 aliphatic rings. The third kappa shape index (κ3) is 3.88. The van der Waals surface area contributed by atoms with Crippen LogP contribution in [0.4, 0.5) is 20.6 Å². The first-order chi connectivity index (χ1) is 13.3. The number of amides is 4. The highest BCUT2D eigenvalue weighted by Gasteiger charge is 2.47. The van der Waals surface area contributed by atoms with Crippen LogP contribution in [-0.2, 0) is 9.59 Å². The summed E-state index contributed by atoms with van der Waals surface area (Å²) in [6.45, 7) is 5.52. The molecule has 1 N–H and O–H groups in total. The first kappa shape index (κ1) is 19.5. The fourth-order valence-corrected chi connectivity index (χ4v) is 3.23. The molecule has 1 saturated heterocycles. The molecule has 0 radical (unpaired) electrons. The molecular weight excluding hydrogens is 361 g/mol. The third-order valence-corrected chi connectivity index (χ3v) is 4.61. The Morgan fingerprint density at radius 2 is 1.68 bits per heavy atom. The summed E-state index contributed by atoms with van der Waals surface area (Å²) in [5.41, 5.74) is 1.92. The molecule has 2 aromatic rings. The summed E-state index contributed by atoms with van der Waals surface area (Å²) in [5, 5.41) is 2.64. The number of nitrogens with zero attached hydrogens (tertiary/aromatic N) is 2. The first-order valence-electron chi connectivity index (χ1n) is 9.06. The van der Waals surface area contributed by atoms with E-state index in [2.05, 4.69) is 5.32 Å². The van der Waals surface area contributed by atoms with Crippen LogP contribution in [0.1, 0.15) is 25.8 Å². The summed E-state index contributed by atoms with van der Waals surface area (Å²) in [7, 11) is 0. The van der Waals surface area contributed by atoms with Crippen LogP contribution in [0.2, 0.25) is 0 Å². The molecule has 0 aromatic heterocycles. The van der Waals surface area contributed by atoms with Crippen molar-refractivity contribution in [2.45, 2.75) is 39.3 Å². The molecule has 7 heteroatoms. The molecule has 1 aliphatic heterocycles. The van der Waals surface area contributed by atoms with E-state index in [0.29, 0.717) is 11.4 Å². The highest BCUT2D eigenvalue weighted by Crippen LogP contribution is 2.29. The Labute approximate surface area is 162 Å². The van der Waals surface area contributed by atoms with Crippen molar-refractivity contribution >= 4 is 29.2 Å². The van der Waals surface area contributed by atoms with Gasteiger partial charge in [-0.1, -0.05) is 17.7 Å². The summed E-state index contributed by atoms with van der Waals surface area (Å²) < 4.78 is 13.0. The lowest BCUT2D eigenvalue weighted by Crippen LogP contribution is -2.42. The minimum Gasteiger partial charge on any atom is -0.326 e. The van der Waals surface area contributed by atoms with Crippen LogP contribution in [0.15, 0.2) is 48.5 Å². The van der Waals surface area contributed by atoms with Crippen LogP contribution in [0.3, 0.4) is 0 Å². The van der Waals surface area contributed by atoms with Crippen molar-refractivity contribution < 1.29 is 18.8 Å². The van der Waals surface area contributed by atoms with Crippen molar-refractivity contribution in [2.24, 2.45) is 0 Å². The van der Waals surface area contributed by atoms with E-state index in [4.69, 9.17) is 0 Å². The van der Waals surface area contributed by atoms with Gasteiger partial charge in [-0.05, 0) is 57.2 Å². The van der Waals surface area contributed by atoms with Crippen molar-refractivity contribution in [1.29, 1.82) is 0 Å². The molecule has 0 spiro atoms. The van der Waals surface area contributed by atoms with Gasteiger partial charge < -0.3 is 10.2 Å². The maximum Gasteiger partial charge on any atom is 0.332 e. The molecule has 1 atom stereocenters. The highest BCUT2D eigenvalue weighted by molar-refractivity contribution is 6.22. The summed E-state index contributed by atoms with van der Waals surface area (Å²) in [5.74, 6) is -1.26. The van der Waals surface area contributed by atoms with Gasteiger partial charge in [0.05, 0.1) is 12.1 Å². The van der Waals surface area contributed by atoms with Crippen molar-refractivity contribution in [2.75, 3.05) is 10.2 Å². The van der Waals surface area contributed by atoms with E-state index in [-0.39, 0.29) is 12.5 Å². The largest absolute Gasteiger partial charge is 0.332 e. The predicted molar refractivity (Wildman–Crippen MR) is 104 cm³/mol. The lowest BCUT2D eigenvalue weighted by Gasteiger charge is -2.25. The van der Waals surface area contributed by atoms with Gasteiger partial charge in [0.2, 0.25) is 5.91 Å². The Hall–Kier alpha value is -3.22. The number of rotatable bonds is 5. The van der Waals surface area contributed by atoms with Crippen LogP contribution < -0.4 is 10.2 Å². The molecule has 1 fully saturated rings. The molecule has 0 aliphatic carbocycles. The molecule has 28 heavy (non-hydrogen) atoms. The number of hydrogen-bond donors (Lipinski definition) is 1. The number of aryl methyl sites for hydroxylation is 1. The second-order valence-corrected chi connectivity index (χ2v) is 7.07. The molecule has 0 unspecified atom stereocenters. The second-order valence-electron chi connectivity index (χ2n) is 7.07. The molecular formula is C21H22FN3O3. The number of benzene rings is 2. The summed E-state index contributed by atoms with van der Waals surface area (Å²) >= 11 is 0. The Morgan fingerprint density at radius 3 is 2.25 bits per heavy atom. The average molecular weight is 383 g/mol. The van der Waals surface area contributed by atoms with Crippen LogP contribution in [0.5, 0.6) is 0 Å². The predicted octanol–water partition coefficient (Wildman–Crippen LogP) is 3.71. The van der Waals surface area contributed by atoms with E-state index < -0.39 is 29.7 Å². The molecule has 6 nitrogen and oxygen atoms in total. The normalized spacial score (nSPS) is 16.8. The van der Waals surface area contributed by atoms with Gasteiger partial charge in [0.1, 0.15) is 11.9 Å². The number of nitrogens with one attached hydrogen (secondary N) is 1. The molecule has 0 saturated carbocycles. The van der Waals surface area contributed by atoms with Gasteiger partial charge in [0.15, 0.2) is 0 Å². The van der Waals surface area contributed by atoms with E-state index in [0.717, 1.165) is 10.5 Å². The van der Waals surface area contributed by atoms with Crippen molar-refractivity contribution in [3.05, 3.63) is 59.9 Å². The lowest BCUT2D eigenvalue weighted by atomic mass is 10.1. The van der Waals surface area contributed by atoms with E-state index in [1.54, 1.807) is 26.0 Å².